The molecule has 0 atom stereocenters. The maximum Gasteiger partial charge on any atom is 0.534 e. The molecule has 0 unspecified atom stereocenters. The Balaban J connectivity index is 1.71. The van der Waals surface area contributed by atoms with E-state index < -0.39 is 33.0 Å². The van der Waals surface area contributed by atoms with E-state index in [0.717, 1.165) is 39.0 Å². The van der Waals surface area contributed by atoms with E-state index in [2.05, 4.69) is 4.18 Å². The highest BCUT2D eigenvalue weighted by atomic mass is 32.2. The Morgan fingerprint density at radius 3 is 2.53 bits per heavy atom. The Labute approximate surface area is 179 Å². The quantitative estimate of drug-likeness (QED) is 0.465. The first-order valence-corrected chi connectivity index (χ1v) is 10.6. The minimum absolute atomic E-state index is 0.237. The lowest BCUT2D eigenvalue weighted by Crippen LogP contribution is -2.34. The standard InChI is InChI=1S/C19H16F3N3O6S/c1-23-15-5-6-24(18(27)28)10-14(15)13-3-2-11(8-16(13)23)25-7-4-12(9-17(25)26)31-32(29,30)19(20,21)22/h2-4,7-9H,5-6,10H2,1H3,(H,27,28). The van der Waals surface area contributed by atoms with Gasteiger partial charge in [-0.25, -0.2) is 4.79 Å². The number of carboxylic acid groups (broad SMARTS) is 1. The summed E-state index contributed by atoms with van der Waals surface area (Å²) in [4.78, 5) is 25.1. The summed E-state index contributed by atoms with van der Waals surface area (Å²) < 4.78 is 66.7. The van der Waals surface area contributed by atoms with Gasteiger partial charge in [0, 0.05) is 48.9 Å². The van der Waals surface area contributed by atoms with Crippen molar-refractivity contribution in [2.24, 2.45) is 7.05 Å². The number of hydrogen-bond donors (Lipinski definition) is 1. The van der Waals surface area contributed by atoms with Crippen molar-refractivity contribution in [1.29, 1.82) is 0 Å². The van der Waals surface area contributed by atoms with Crippen LogP contribution in [0.25, 0.3) is 16.6 Å². The van der Waals surface area contributed by atoms with Gasteiger partial charge in [-0.3, -0.25) is 9.36 Å². The molecule has 170 valence electrons. The van der Waals surface area contributed by atoms with Crippen molar-refractivity contribution in [2.45, 2.75) is 18.5 Å². The molecule has 0 saturated heterocycles. The molecule has 0 radical (unpaired) electrons. The number of fused-ring (bicyclic) bond motifs is 3. The van der Waals surface area contributed by atoms with E-state index in [4.69, 9.17) is 0 Å². The second-order valence-corrected chi connectivity index (χ2v) is 8.73. The van der Waals surface area contributed by atoms with Gasteiger partial charge in [-0.05, 0) is 18.2 Å². The summed E-state index contributed by atoms with van der Waals surface area (Å²) in [5.74, 6) is -0.757. The Kier molecular flexibility index (Phi) is 4.95. The van der Waals surface area contributed by atoms with Gasteiger partial charge in [-0.1, -0.05) is 6.07 Å². The summed E-state index contributed by atoms with van der Waals surface area (Å²) in [5, 5.41) is 10.1. The molecule has 2 aromatic heterocycles. The van der Waals surface area contributed by atoms with Crippen LogP contribution < -0.4 is 9.74 Å². The van der Waals surface area contributed by atoms with E-state index in [1.165, 1.54) is 4.90 Å². The van der Waals surface area contributed by atoms with Gasteiger partial charge in [0.05, 0.1) is 17.7 Å². The molecule has 1 N–H and O–H groups in total. The van der Waals surface area contributed by atoms with Gasteiger partial charge < -0.3 is 18.8 Å². The van der Waals surface area contributed by atoms with E-state index in [1.54, 1.807) is 18.2 Å². The SMILES string of the molecule is Cn1c2c(c3ccc(-n4ccc(OS(=O)(=O)C(F)(F)F)cc4=O)cc31)CN(C(=O)O)CC2. The van der Waals surface area contributed by atoms with Crippen molar-refractivity contribution in [1.82, 2.24) is 14.0 Å². The first-order chi connectivity index (χ1) is 14.9. The highest BCUT2D eigenvalue weighted by molar-refractivity contribution is 7.88. The van der Waals surface area contributed by atoms with Gasteiger partial charge >= 0.3 is 21.7 Å². The predicted octanol–water partition coefficient (Wildman–Crippen LogP) is 2.59. The topological polar surface area (TPSA) is 111 Å². The van der Waals surface area contributed by atoms with Crippen LogP contribution in [0.15, 0.2) is 41.3 Å². The summed E-state index contributed by atoms with van der Waals surface area (Å²) in [6.45, 7) is 0.599. The van der Waals surface area contributed by atoms with Gasteiger partial charge in [0.15, 0.2) is 0 Å². The number of aryl methyl sites for hydroxylation is 1. The van der Waals surface area contributed by atoms with E-state index in [0.29, 0.717) is 24.7 Å². The summed E-state index contributed by atoms with van der Waals surface area (Å²) in [7, 11) is -4.07. The number of aromatic nitrogens is 2. The Hall–Kier alpha value is -3.48. The molecule has 0 bridgehead atoms. The molecule has 3 heterocycles. The molecule has 13 heteroatoms. The number of benzene rings is 1. The molecule has 3 aromatic rings. The van der Waals surface area contributed by atoms with E-state index in [9.17, 15) is 36.3 Å². The van der Waals surface area contributed by atoms with Crippen molar-refractivity contribution >= 4 is 27.1 Å². The fourth-order valence-electron chi connectivity index (χ4n) is 3.77. The third-order valence-corrected chi connectivity index (χ3v) is 6.30. The summed E-state index contributed by atoms with van der Waals surface area (Å²) in [6, 6.07) is 6.62. The third kappa shape index (κ3) is 3.57. The number of nitrogens with zero attached hydrogens (tertiary/aromatic N) is 3. The smallest absolute Gasteiger partial charge is 0.465 e. The maximum absolute atomic E-state index is 12.5. The second kappa shape index (κ2) is 7.29. The predicted molar refractivity (Wildman–Crippen MR) is 106 cm³/mol. The maximum atomic E-state index is 12.5. The molecule has 1 aliphatic heterocycles. The minimum Gasteiger partial charge on any atom is -0.465 e. The molecule has 0 spiro atoms. The zero-order valence-electron chi connectivity index (χ0n) is 16.5. The molecule has 1 amide bonds. The first-order valence-electron chi connectivity index (χ1n) is 9.21. The first kappa shape index (κ1) is 21.7. The largest absolute Gasteiger partial charge is 0.534 e. The van der Waals surface area contributed by atoms with E-state index in [1.807, 2.05) is 11.6 Å². The molecule has 0 fully saturated rings. The molecular weight excluding hydrogens is 455 g/mol. The highest BCUT2D eigenvalue weighted by Gasteiger charge is 2.48. The molecular formula is C19H16F3N3O6S. The van der Waals surface area contributed by atoms with Crippen molar-refractivity contribution in [2.75, 3.05) is 6.54 Å². The summed E-state index contributed by atoms with van der Waals surface area (Å²) in [5.41, 5.74) is -3.43. The van der Waals surface area contributed by atoms with Crippen LogP contribution >= 0.6 is 0 Å². The van der Waals surface area contributed by atoms with Crippen molar-refractivity contribution in [3.8, 4) is 11.4 Å². The monoisotopic (exact) mass is 471 g/mol. The molecule has 0 aliphatic carbocycles. The molecule has 1 aromatic carbocycles. The second-order valence-electron chi connectivity index (χ2n) is 7.19. The number of hydrogen-bond acceptors (Lipinski definition) is 5. The average molecular weight is 471 g/mol. The number of alkyl halides is 3. The Morgan fingerprint density at radius 2 is 1.91 bits per heavy atom. The van der Waals surface area contributed by atoms with Crippen molar-refractivity contribution in [3.63, 3.8) is 0 Å². The normalized spacial score (nSPS) is 14.4. The van der Waals surface area contributed by atoms with Gasteiger partial charge in [0.25, 0.3) is 5.56 Å². The van der Waals surface area contributed by atoms with Crippen molar-refractivity contribution in [3.05, 3.63) is 58.1 Å². The lowest BCUT2D eigenvalue weighted by Gasteiger charge is -2.25. The fourth-order valence-corrected chi connectivity index (χ4v) is 4.23. The Morgan fingerprint density at radius 1 is 1.19 bits per heavy atom. The number of rotatable bonds is 3. The molecule has 4 rings (SSSR count). The van der Waals surface area contributed by atoms with Crippen LogP contribution in [0.2, 0.25) is 0 Å². The van der Waals surface area contributed by atoms with E-state index in [-0.39, 0.29) is 6.54 Å². The molecule has 1 aliphatic rings. The number of pyridine rings is 1. The number of carbonyl (C=O) groups is 1. The van der Waals surface area contributed by atoms with Gasteiger partial charge in [0.1, 0.15) is 5.75 Å². The van der Waals surface area contributed by atoms with Crippen LogP contribution in [-0.2, 0) is 30.1 Å². The van der Waals surface area contributed by atoms with Gasteiger partial charge in [-0.15, -0.1) is 0 Å². The van der Waals surface area contributed by atoms with Crippen molar-refractivity contribution < 1.29 is 35.7 Å². The number of amides is 1. The van der Waals surface area contributed by atoms with Crippen LogP contribution in [0.4, 0.5) is 18.0 Å². The highest BCUT2D eigenvalue weighted by Crippen LogP contribution is 2.32. The zero-order valence-corrected chi connectivity index (χ0v) is 17.3. The van der Waals surface area contributed by atoms with Gasteiger partial charge in [-0.2, -0.15) is 21.6 Å². The molecule has 0 saturated carbocycles. The Bertz CT molecular complexity index is 1410. The fraction of sp³-hybridized carbons (Fsp3) is 0.263. The average Bonchev–Trinajstić information content (AvgIpc) is 2.98. The zero-order chi connectivity index (χ0) is 23.4. The lowest BCUT2D eigenvalue weighted by atomic mass is 10.0. The van der Waals surface area contributed by atoms with Crippen LogP contribution in [0.1, 0.15) is 11.3 Å². The molecule has 9 nitrogen and oxygen atoms in total. The number of halogens is 3. The van der Waals surface area contributed by atoms with Crippen LogP contribution in [0.5, 0.6) is 5.75 Å². The molecule has 32 heavy (non-hydrogen) atoms. The third-order valence-electron chi connectivity index (χ3n) is 5.32. The van der Waals surface area contributed by atoms with Crippen LogP contribution in [0, 0.1) is 0 Å². The summed E-state index contributed by atoms with van der Waals surface area (Å²) >= 11 is 0. The van der Waals surface area contributed by atoms with Crippen LogP contribution in [0.3, 0.4) is 0 Å². The van der Waals surface area contributed by atoms with Crippen LogP contribution in [-0.4, -0.2) is 45.7 Å². The summed E-state index contributed by atoms with van der Waals surface area (Å²) in [6.07, 6.45) is 0.632. The van der Waals surface area contributed by atoms with E-state index >= 15 is 0 Å². The minimum atomic E-state index is -5.89. The lowest BCUT2D eigenvalue weighted by molar-refractivity contribution is -0.0500. The van der Waals surface area contributed by atoms with Gasteiger partial charge in [0.2, 0.25) is 0 Å².